The van der Waals surface area contributed by atoms with Crippen LogP contribution in [0.2, 0.25) is 0 Å². The quantitative estimate of drug-likeness (QED) is 0.677. The van der Waals surface area contributed by atoms with E-state index in [9.17, 15) is 4.79 Å². The van der Waals surface area contributed by atoms with Crippen molar-refractivity contribution in [1.29, 1.82) is 0 Å². The molecule has 0 heterocycles. The van der Waals surface area contributed by atoms with Gasteiger partial charge in [-0.15, -0.1) is 0 Å². The van der Waals surface area contributed by atoms with E-state index in [4.69, 9.17) is 9.47 Å². The Hall–Kier alpha value is -1.39. The first kappa shape index (κ1) is 19.9. The number of benzene rings is 1. The molecule has 0 aliphatic heterocycles. The molecule has 4 heteroatoms. The van der Waals surface area contributed by atoms with Crippen LogP contribution in [0.25, 0.3) is 0 Å². The molecule has 1 N–H and O–H groups in total. The van der Waals surface area contributed by atoms with Crippen molar-refractivity contribution >= 4 is 11.5 Å². The van der Waals surface area contributed by atoms with E-state index in [0.29, 0.717) is 43.3 Å². The molecular weight excluding hydrogens is 350 g/mol. The van der Waals surface area contributed by atoms with Gasteiger partial charge in [0.05, 0.1) is 6.54 Å². The van der Waals surface area contributed by atoms with Gasteiger partial charge in [0.1, 0.15) is 5.78 Å². The smallest absolute Gasteiger partial charge is 0.174 e. The number of hydrogen-bond donors (Lipinski definition) is 1. The van der Waals surface area contributed by atoms with Gasteiger partial charge in [-0.25, -0.2) is 0 Å². The Morgan fingerprint density at radius 3 is 2.68 bits per heavy atom. The number of carbonyl (C=O) groups is 1. The summed E-state index contributed by atoms with van der Waals surface area (Å²) in [7, 11) is 0. The van der Waals surface area contributed by atoms with E-state index in [1.165, 1.54) is 24.0 Å². The number of Topliss-reactive ketones (excluding diaryl/α,β-unsaturated/α-hetero) is 1. The molecule has 2 fully saturated rings. The molecule has 0 spiro atoms. The third-order valence-corrected chi connectivity index (χ3v) is 7.61. The van der Waals surface area contributed by atoms with E-state index in [1.807, 2.05) is 13.8 Å². The molecular formula is C24H35NO3. The first-order valence-electron chi connectivity index (χ1n) is 11.2. The number of fused-ring (bicyclic) bond motifs is 5. The molecule has 0 radical (unpaired) electrons. The highest BCUT2D eigenvalue weighted by Gasteiger charge is 2.54. The second kappa shape index (κ2) is 8.16. The summed E-state index contributed by atoms with van der Waals surface area (Å²) in [6.07, 6.45) is 6.32. The molecule has 154 valence electrons. The first-order valence-corrected chi connectivity index (χ1v) is 11.2. The van der Waals surface area contributed by atoms with E-state index in [-0.39, 0.29) is 11.7 Å². The highest BCUT2D eigenvalue weighted by molar-refractivity contribution is 5.87. The predicted octanol–water partition coefficient (Wildman–Crippen LogP) is 4.92. The van der Waals surface area contributed by atoms with Crippen molar-refractivity contribution in [2.45, 2.75) is 71.5 Å². The lowest BCUT2D eigenvalue weighted by molar-refractivity contribution is -0.129. The number of rotatable bonds is 7. The predicted molar refractivity (Wildman–Crippen MR) is 112 cm³/mol. The Balaban J connectivity index is 1.46. The lowest BCUT2D eigenvalue weighted by Crippen LogP contribution is -2.42. The Labute approximate surface area is 169 Å². The van der Waals surface area contributed by atoms with Crippen LogP contribution in [0.4, 0.5) is 5.69 Å². The summed E-state index contributed by atoms with van der Waals surface area (Å²) in [5.41, 5.74) is 4.14. The van der Waals surface area contributed by atoms with Crippen molar-refractivity contribution in [3.8, 4) is 0 Å². The maximum absolute atomic E-state index is 12.5. The minimum absolute atomic E-state index is 0.0340. The van der Waals surface area contributed by atoms with Gasteiger partial charge >= 0.3 is 0 Å². The number of nitrogens with one attached hydrogen (secondary N) is 1. The molecule has 4 nitrogen and oxygen atoms in total. The Morgan fingerprint density at radius 1 is 1.14 bits per heavy atom. The Kier molecular flexibility index (Phi) is 5.80. The molecule has 1 aromatic rings. The van der Waals surface area contributed by atoms with Gasteiger partial charge in [0.2, 0.25) is 0 Å². The fraction of sp³-hybridized carbons (Fsp3) is 0.708. The molecule has 4 rings (SSSR count). The summed E-state index contributed by atoms with van der Waals surface area (Å²) in [5, 5.41) is 3.49. The molecule has 0 unspecified atom stereocenters. The van der Waals surface area contributed by atoms with Crippen LogP contribution >= 0.6 is 0 Å². The first-order chi connectivity index (χ1) is 13.6. The molecule has 4 atom stereocenters. The summed E-state index contributed by atoms with van der Waals surface area (Å²) in [5.74, 6) is 2.46. The van der Waals surface area contributed by atoms with Crippen molar-refractivity contribution < 1.29 is 14.3 Å². The Morgan fingerprint density at radius 2 is 1.93 bits per heavy atom. The lowest BCUT2D eigenvalue weighted by atomic mass is 9.55. The number of ketones is 1. The third kappa shape index (κ3) is 3.50. The van der Waals surface area contributed by atoms with Gasteiger partial charge in [-0.2, -0.15) is 0 Å². The van der Waals surface area contributed by atoms with Crippen LogP contribution in [0.3, 0.4) is 0 Å². The second-order valence-corrected chi connectivity index (χ2v) is 8.97. The molecule has 1 aromatic carbocycles. The SMILES string of the molecule is CCOC(CNc1ccc2c(c1)CC[C@@H]1[C@@H]2CC[C@]2(C)C(=O)CC[C@@H]12)OCC. The van der Waals surface area contributed by atoms with Gasteiger partial charge in [0, 0.05) is 30.7 Å². The highest BCUT2D eigenvalue weighted by Crippen LogP contribution is 2.59. The number of anilines is 1. The van der Waals surface area contributed by atoms with Crippen LogP contribution in [0.1, 0.15) is 69.9 Å². The van der Waals surface area contributed by atoms with Crippen LogP contribution in [0, 0.1) is 17.3 Å². The minimum Gasteiger partial charge on any atom is -0.380 e. The van der Waals surface area contributed by atoms with E-state index < -0.39 is 0 Å². The normalized spacial score (nSPS) is 31.4. The molecule has 0 aromatic heterocycles. The third-order valence-electron chi connectivity index (χ3n) is 7.61. The molecule has 3 aliphatic carbocycles. The van der Waals surface area contributed by atoms with Crippen molar-refractivity contribution in [1.82, 2.24) is 0 Å². The van der Waals surface area contributed by atoms with Crippen LogP contribution in [-0.2, 0) is 20.7 Å². The maximum atomic E-state index is 12.5. The van der Waals surface area contributed by atoms with Crippen LogP contribution in [0.5, 0.6) is 0 Å². The fourth-order valence-corrected chi connectivity index (χ4v) is 6.20. The minimum atomic E-state index is -0.202. The molecule has 0 saturated heterocycles. The van der Waals surface area contributed by atoms with Gasteiger partial charge in [0.15, 0.2) is 6.29 Å². The van der Waals surface area contributed by atoms with Gasteiger partial charge in [-0.05, 0) is 87.0 Å². The fourth-order valence-electron chi connectivity index (χ4n) is 6.20. The topological polar surface area (TPSA) is 47.6 Å². The van der Waals surface area contributed by atoms with Crippen molar-refractivity contribution in [3.63, 3.8) is 0 Å². The summed E-state index contributed by atoms with van der Waals surface area (Å²) in [6.45, 7) is 8.21. The molecule has 0 bridgehead atoms. The standard InChI is InChI=1S/C24H35NO3/c1-4-27-23(28-5-2)15-25-17-7-9-18-16(14-17)6-8-20-19(18)12-13-24(3)21(20)10-11-22(24)26/h7,9,14,19-21,23,25H,4-6,8,10-13,15H2,1-3H3/t19-,20-,21+,24+/m1/s1. The van der Waals surface area contributed by atoms with Gasteiger partial charge < -0.3 is 14.8 Å². The summed E-state index contributed by atoms with van der Waals surface area (Å²) < 4.78 is 11.3. The average Bonchev–Trinajstić information content (AvgIpc) is 3.01. The van der Waals surface area contributed by atoms with Crippen molar-refractivity contribution in [3.05, 3.63) is 29.3 Å². The van der Waals surface area contributed by atoms with E-state index in [1.54, 1.807) is 0 Å². The number of aryl methyl sites for hydroxylation is 1. The molecule has 2 saturated carbocycles. The number of ether oxygens (including phenoxy) is 2. The van der Waals surface area contributed by atoms with E-state index in [2.05, 4.69) is 30.4 Å². The molecule has 28 heavy (non-hydrogen) atoms. The van der Waals surface area contributed by atoms with Crippen molar-refractivity contribution in [2.24, 2.45) is 17.3 Å². The highest BCUT2D eigenvalue weighted by atomic mass is 16.7. The summed E-state index contributed by atoms with van der Waals surface area (Å²) in [4.78, 5) is 12.5. The largest absolute Gasteiger partial charge is 0.380 e. The van der Waals surface area contributed by atoms with Gasteiger partial charge in [-0.1, -0.05) is 13.0 Å². The van der Waals surface area contributed by atoms with Crippen molar-refractivity contribution in [2.75, 3.05) is 25.1 Å². The van der Waals surface area contributed by atoms with Gasteiger partial charge in [0.25, 0.3) is 0 Å². The maximum Gasteiger partial charge on any atom is 0.174 e. The zero-order valence-corrected chi connectivity index (χ0v) is 17.6. The lowest BCUT2D eigenvalue weighted by Gasteiger charge is -2.48. The summed E-state index contributed by atoms with van der Waals surface area (Å²) >= 11 is 0. The van der Waals surface area contributed by atoms with Crippen LogP contribution in [0.15, 0.2) is 18.2 Å². The monoisotopic (exact) mass is 385 g/mol. The zero-order chi connectivity index (χ0) is 19.7. The van der Waals surface area contributed by atoms with E-state index >= 15 is 0 Å². The van der Waals surface area contributed by atoms with Crippen LogP contribution in [-0.4, -0.2) is 31.8 Å². The summed E-state index contributed by atoms with van der Waals surface area (Å²) in [6, 6.07) is 6.88. The van der Waals surface area contributed by atoms with Gasteiger partial charge in [-0.3, -0.25) is 4.79 Å². The molecule has 0 amide bonds. The Bertz CT molecular complexity index is 712. The zero-order valence-electron chi connectivity index (χ0n) is 17.6. The van der Waals surface area contributed by atoms with Crippen LogP contribution < -0.4 is 5.32 Å². The van der Waals surface area contributed by atoms with E-state index in [0.717, 1.165) is 31.4 Å². The second-order valence-electron chi connectivity index (χ2n) is 8.97. The average molecular weight is 386 g/mol. The number of carbonyl (C=O) groups excluding carboxylic acids is 1. The molecule has 3 aliphatic rings. The number of hydrogen-bond acceptors (Lipinski definition) is 4.